The number of ether oxygens (including phenoxy) is 4. The minimum atomic E-state index is -0.956. The van der Waals surface area contributed by atoms with Crippen molar-refractivity contribution >= 4 is 5.97 Å². The second-order valence-corrected chi connectivity index (χ2v) is 5.10. The summed E-state index contributed by atoms with van der Waals surface area (Å²) in [5.41, 5.74) is -0.935. The first kappa shape index (κ1) is 15.6. The molecule has 0 saturated carbocycles. The predicted octanol–water partition coefficient (Wildman–Crippen LogP) is 2.66. The number of epoxide rings is 1. The van der Waals surface area contributed by atoms with Crippen molar-refractivity contribution in [1.29, 1.82) is 0 Å². The van der Waals surface area contributed by atoms with E-state index < -0.39 is 11.2 Å². The van der Waals surface area contributed by atoms with E-state index >= 15 is 0 Å². The summed E-state index contributed by atoms with van der Waals surface area (Å²) >= 11 is 0. The standard InChI is InChI=1S/C16H22O5/c1-6-16(14(17)20-7-2)15(3,21-16)12-10-11(18-4)8-9-13(12)19-5/h8-10H,6-7H2,1-5H3. The molecule has 0 amide bonds. The van der Waals surface area contributed by atoms with Gasteiger partial charge in [0.15, 0.2) is 5.60 Å². The van der Waals surface area contributed by atoms with Crippen LogP contribution in [0.2, 0.25) is 0 Å². The van der Waals surface area contributed by atoms with Gasteiger partial charge in [-0.2, -0.15) is 0 Å². The van der Waals surface area contributed by atoms with Crippen LogP contribution in [0.4, 0.5) is 0 Å². The van der Waals surface area contributed by atoms with Crippen LogP contribution < -0.4 is 9.47 Å². The molecule has 1 fully saturated rings. The summed E-state index contributed by atoms with van der Waals surface area (Å²) in [7, 11) is 3.19. The molecular formula is C16H22O5. The van der Waals surface area contributed by atoms with Crippen molar-refractivity contribution < 1.29 is 23.7 Å². The molecule has 116 valence electrons. The molecule has 1 aliphatic rings. The van der Waals surface area contributed by atoms with E-state index in [-0.39, 0.29) is 5.97 Å². The zero-order chi connectivity index (χ0) is 15.7. The van der Waals surface area contributed by atoms with Crippen LogP contribution in [-0.4, -0.2) is 32.4 Å². The average Bonchev–Trinajstić information content (AvgIpc) is 3.15. The van der Waals surface area contributed by atoms with Crippen LogP contribution in [0, 0.1) is 0 Å². The molecule has 1 aliphatic heterocycles. The molecule has 0 N–H and O–H groups in total. The van der Waals surface area contributed by atoms with E-state index in [0.717, 1.165) is 5.56 Å². The van der Waals surface area contributed by atoms with Crippen molar-refractivity contribution in [2.24, 2.45) is 0 Å². The highest BCUT2D eigenvalue weighted by Crippen LogP contribution is 2.60. The number of benzene rings is 1. The minimum absolute atomic E-state index is 0.329. The maximum absolute atomic E-state index is 12.3. The van der Waals surface area contributed by atoms with Gasteiger partial charge in [0.2, 0.25) is 0 Å². The lowest BCUT2D eigenvalue weighted by atomic mass is 9.85. The van der Waals surface area contributed by atoms with Gasteiger partial charge in [-0.3, -0.25) is 0 Å². The Morgan fingerprint density at radius 2 is 1.95 bits per heavy atom. The van der Waals surface area contributed by atoms with Crippen molar-refractivity contribution in [2.75, 3.05) is 20.8 Å². The lowest BCUT2D eigenvalue weighted by Crippen LogP contribution is -2.33. The van der Waals surface area contributed by atoms with Gasteiger partial charge in [-0.1, -0.05) is 6.92 Å². The molecule has 0 radical (unpaired) electrons. The van der Waals surface area contributed by atoms with Gasteiger partial charge in [0.1, 0.15) is 17.1 Å². The summed E-state index contributed by atoms with van der Waals surface area (Å²) in [5, 5.41) is 0. The molecule has 1 saturated heterocycles. The molecule has 0 bridgehead atoms. The lowest BCUT2D eigenvalue weighted by molar-refractivity contribution is -0.149. The van der Waals surface area contributed by atoms with Gasteiger partial charge in [0.25, 0.3) is 0 Å². The van der Waals surface area contributed by atoms with Crippen molar-refractivity contribution in [3.63, 3.8) is 0 Å². The molecule has 0 aliphatic carbocycles. The molecule has 2 atom stereocenters. The fraction of sp³-hybridized carbons (Fsp3) is 0.562. The van der Waals surface area contributed by atoms with E-state index in [1.54, 1.807) is 21.1 Å². The maximum Gasteiger partial charge on any atom is 0.341 e. The molecule has 21 heavy (non-hydrogen) atoms. The molecule has 1 heterocycles. The fourth-order valence-corrected chi connectivity index (χ4v) is 2.82. The van der Waals surface area contributed by atoms with Gasteiger partial charge < -0.3 is 18.9 Å². The number of hydrogen-bond acceptors (Lipinski definition) is 5. The smallest absolute Gasteiger partial charge is 0.341 e. The summed E-state index contributed by atoms with van der Waals surface area (Å²) in [4.78, 5) is 12.3. The van der Waals surface area contributed by atoms with Gasteiger partial charge >= 0.3 is 5.97 Å². The van der Waals surface area contributed by atoms with E-state index in [2.05, 4.69) is 0 Å². The molecule has 5 heteroatoms. The Morgan fingerprint density at radius 3 is 2.48 bits per heavy atom. The Hall–Kier alpha value is -1.75. The fourth-order valence-electron chi connectivity index (χ4n) is 2.82. The van der Waals surface area contributed by atoms with Crippen LogP contribution in [0.25, 0.3) is 0 Å². The van der Waals surface area contributed by atoms with Crippen LogP contribution in [0.5, 0.6) is 11.5 Å². The normalized spacial score (nSPS) is 27.1. The van der Waals surface area contributed by atoms with Gasteiger partial charge in [-0.05, 0) is 38.5 Å². The Bertz CT molecular complexity index is 541. The van der Waals surface area contributed by atoms with Crippen molar-refractivity contribution in [3.8, 4) is 11.5 Å². The van der Waals surface area contributed by atoms with E-state index in [1.165, 1.54) is 0 Å². The summed E-state index contributed by atoms with van der Waals surface area (Å²) < 4.78 is 21.7. The summed E-state index contributed by atoms with van der Waals surface area (Å²) in [6.45, 7) is 5.90. The Labute approximate surface area is 125 Å². The molecule has 1 aromatic rings. The zero-order valence-electron chi connectivity index (χ0n) is 13.2. The van der Waals surface area contributed by atoms with Crippen molar-refractivity contribution in [2.45, 2.75) is 38.4 Å². The predicted molar refractivity (Wildman–Crippen MR) is 77.6 cm³/mol. The topological polar surface area (TPSA) is 57.3 Å². The monoisotopic (exact) mass is 294 g/mol. The lowest BCUT2D eigenvalue weighted by Gasteiger charge is -2.17. The molecule has 5 nitrogen and oxygen atoms in total. The highest BCUT2D eigenvalue weighted by Gasteiger charge is 2.73. The summed E-state index contributed by atoms with van der Waals surface area (Å²) in [6.07, 6.45) is 0.530. The third-order valence-electron chi connectivity index (χ3n) is 4.13. The van der Waals surface area contributed by atoms with E-state index in [0.29, 0.717) is 24.5 Å². The zero-order valence-corrected chi connectivity index (χ0v) is 13.2. The first-order valence-corrected chi connectivity index (χ1v) is 7.09. The number of esters is 1. The van der Waals surface area contributed by atoms with Gasteiger partial charge in [0, 0.05) is 5.56 Å². The highest BCUT2D eigenvalue weighted by atomic mass is 16.7. The quantitative estimate of drug-likeness (QED) is 0.596. The highest BCUT2D eigenvalue weighted by molar-refractivity contribution is 5.85. The van der Waals surface area contributed by atoms with Crippen LogP contribution >= 0.6 is 0 Å². The van der Waals surface area contributed by atoms with Crippen molar-refractivity contribution in [3.05, 3.63) is 23.8 Å². The molecule has 0 aromatic heterocycles. The first-order chi connectivity index (χ1) is 9.98. The molecular weight excluding hydrogens is 272 g/mol. The first-order valence-electron chi connectivity index (χ1n) is 7.09. The second-order valence-electron chi connectivity index (χ2n) is 5.10. The number of carbonyl (C=O) groups is 1. The van der Waals surface area contributed by atoms with Gasteiger partial charge in [-0.15, -0.1) is 0 Å². The maximum atomic E-state index is 12.3. The molecule has 0 spiro atoms. The molecule has 1 aromatic carbocycles. The number of hydrogen-bond donors (Lipinski definition) is 0. The van der Waals surface area contributed by atoms with Crippen LogP contribution in [0.15, 0.2) is 18.2 Å². The number of methoxy groups -OCH3 is 2. The largest absolute Gasteiger partial charge is 0.497 e. The minimum Gasteiger partial charge on any atom is -0.497 e. The molecule has 2 rings (SSSR count). The number of rotatable bonds is 6. The second kappa shape index (κ2) is 5.56. The third-order valence-corrected chi connectivity index (χ3v) is 4.13. The van der Waals surface area contributed by atoms with Crippen LogP contribution in [0.1, 0.15) is 32.8 Å². The SMILES string of the molecule is CCOC(=O)C1(CC)OC1(C)c1cc(OC)ccc1OC. The van der Waals surface area contributed by atoms with E-state index in [9.17, 15) is 4.79 Å². The molecule has 2 unspecified atom stereocenters. The van der Waals surface area contributed by atoms with Gasteiger partial charge in [-0.25, -0.2) is 4.79 Å². The average molecular weight is 294 g/mol. The Morgan fingerprint density at radius 1 is 1.24 bits per heavy atom. The summed E-state index contributed by atoms with van der Waals surface area (Å²) in [6, 6.07) is 5.47. The Balaban J connectivity index is 2.44. The van der Waals surface area contributed by atoms with Gasteiger partial charge in [0.05, 0.1) is 20.8 Å². The third kappa shape index (κ3) is 2.25. The van der Waals surface area contributed by atoms with Crippen LogP contribution in [-0.2, 0) is 19.9 Å². The van der Waals surface area contributed by atoms with E-state index in [4.69, 9.17) is 18.9 Å². The number of carbonyl (C=O) groups excluding carboxylic acids is 1. The Kier molecular flexibility index (Phi) is 4.14. The van der Waals surface area contributed by atoms with E-state index in [1.807, 2.05) is 32.0 Å². The van der Waals surface area contributed by atoms with Crippen molar-refractivity contribution in [1.82, 2.24) is 0 Å². The summed E-state index contributed by atoms with van der Waals surface area (Å²) in [5.74, 6) is 1.02. The van der Waals surface area contributed by atoms with Crippen LogP contribution in [0.3, 0.4) is 0 Å².